The normalized spacial score (nSPS) is 33.8. The summed E-state index contributed by atoms with van der Waals surface area (Å²) in [6.45, 7) is 6.03. The van der Waals surface area contributed by atoms with E-state index in [-0.39, 0.29) is 11.7 Å². The molecule has 4 rings (SSSR count). The summed E-state index contributed by atoms with van der Waals surface area (Å²) in [5.74, 6) is 0.345. The molecule has 0 aromatic heterocycles. The minimum absolute atomic E-state index is 0.0144. The molecule has 2 aliphatic heterocycles. The van der Waals surface area contributed by atoms with Crippen LogP contribution >= 0.6 is 0 Å². The smallest absolute Gasteiger partial charge is 0.200 e. The van der Waals surface area contributed by atoms with Crippen molar-refractivity contribution in [3.05, 3.63) is 29.3 Å². The van der Waals surface area contributed by atoms with Crippen molar-refractivity contribution in [2.75, 3.05) is 19.8 Å². The zero-order valence-electron chi connectivity index (χ0n) is 19.8. The lowest BCUT2D eigenvalue weighted by atomic mass is 9.71. The van der Waals surface area contributed by atoms with Crippen molar-refractivity contribution in [1.82, 2.24) is 0 Å². The molecule has 32 heavy (non-hydrogen) atoms. The SMILES string of the molecule is CCCC1CCC(C2CCC(C3CCC(c4ccc(OCC)c(F)c4F)CC3)CO2)CO1. The van der Waals surface area contributed by atoms with Crippen LogP contribution in [0.2, 0.25) is 0 Å². The number of ether oxygens (including phenoxy) is 3. The highest BCUT2D eigenvalue weighted by atomic mass is 19.2. The van der Waals surface area contributed by atoms with Gasteiger partial charge >= 0.3 is 0 Å². The first-order valence-corrected chi connectivity index (χ1v) is 12.9. The fourth-order valence-electron chi connectivity index (χ4n) is 6.24. The van der Waals surface area contributed by atoms with Crippen LogP contribution in [0.25, 0.3) is 0 Å². The van der Waals surface area contributed by atoms with Crippen LogP contribution in [0.1, 0.15) is 89.5 Å². The van der Waals surface area contributed by atoms with Gasteiger partial charge in [-0.2, -0.15) is 4.39 Å². The first kappa shape index (κ1) is 23.9. The Balaban J connectivity index is 1.23. The molecule has 0 N–H and O–H groups in total. The van der Waals surface area contributed by atoms with Crippen LogP contribution in [-0.2, 0) is 9.47 Å². The first-order chi connectivity index (χ1) is 15.6. The lowest BCUT2D eigenvalue weighted by Crippen LogP contribution is -2.40. The van der Waals surface area contributed by atoms with E-state index in [1.165, 1.54) is 32.1 Å². The number of hydrogen-bond acceptors (Lipinski definition) is 3. The predicted octanol–water partition coefficient (Wildman–Crippen LogP) is 7.03. The monoisotopic (exact) mass is 450 g/mol. The molecule has 4 atom stereocenters. The predicted molar refractivity (Wildman–Crippen MR) is 122 cm³/mol. The highest BCUT2D eigenvalue weighted by Gasteiger charge is 2.36. The van der Waals surface area contributed by atoms with E-state index in [0.717, 1.165) is 45.3 Å². The number of hydrogen-bond donors (Lipinski definition) is 0. The van der Waals surface area contributed by atoms with Gasteiger partial charge in [-0.1, -0.05) is 19.4 Å². The molecule has 180 valence electrons. The van der Waals surface area contributed by atoms with E-state index in [9.17, 15) is 8.78 Å². The Labute approximate surface area is 192 Å². The van der Waals surface area contributed by atoms with E-state index in [2.05, 4.69) is 6.92 Å². The van der Waals surface area contributed by atoms with Crippen LogP contribution in [-0.4, -0.2) is 32.0 Å². The van der Waals surface area contributed by atoms with Gasteiger partial charge in [-0.15, -0.1) is 0 Å². The maximum absolute atomic E-state index is 14.6. The minimum atomic E-state index is -0.842. The van der Waals surface area contributed by atoms with Crippen LogP contribution < -0.4 is 4.74 Å². The van der Waals surface area contributed by atoms with Gasteiger partial charge in [0.1, 0.15) is 0 Å². The summed E-state index contributed by atoms with van der Waals surface area (Å²) < 4.78 is 46.5. The number of benzene rings is 1. The molecule has 3 nitrogen and oxygen atoms in total. The Morgan fingerprint density at radius 2 is 1.53 bits per heavy atom. The summed E-state index contributed by atoms with van der Waals surface area (Å²) in [5, 5.41) is 0. The second-order valence-corrected chi connectivity index (χ2v) is 10.1. The Morgan fingerprint density at radius 3 is 2.16 bits per heavy atom. The molecular formula is C27H40F2O3. The van der Waals surface area contributed by atoms with E-state index in [1.807, 2.05) is 0 Å². The van der Waals surface area contributed by atoms with Gasteiger partial charge in [0.2, 0.25) is 5.82 Å². The van der Waals surface area contributed by atoms with Gasteiger partial charge < -0.3 is 14.2 Å². The van der Waals surface area contributed by atoms with Gasteiger partial charge in [0.05, 0.1) is 32.0 Å². The molecule has 5 heteroatoms. The zero-order chi connectivity index (χ0) is 22.5. The Kier molecular flexibility index (Phi) is 8.44. The molecule has 2 heterocycles. The summed E-state index contributed by atoms with van der Waals surface area (Å²) in [5.41, 5.74) is 0.517. The summed E-state index contributed by atoms with van der Waals surface area (Å²) in [6, 6.07) is 3.30. The fourth-order valence-corrected chi connectivity index (χ4v) is 6.24. The summed E-state index contributed by atoms with van der Waals surface area (Å²) in [7, 11) is 0. The van der Waals surface area contributed by atoms with Gasteiger partial charge in [-0.25, -0.2) is 4.39 Å². The summed E-state index contributed by atoms with van der Waals surface area (Å²) in [6.07, 6.45) is 11.9. The van der Waals surface area contributed by atoms with Crippen molar-refractivity contribution in [1.29, 1.82) is 0 Å². The largest absolute Gasteiger partial charge is 0.491 e. The summed E-state index contributed by atoms with van der Waals surface area (Å²) in [4.78, 5) is 0. The molecule has 1 aromatic carbocycles. The molecule has 0 radical (unpaired) electrons. The average Bonchev–Trinajstić information content (AvgIpc) is 2.83. The molecule has 0 spiro atoms. The van der Waals surface area contributed by atoms with Crippen LogP contribution in [0, 0.1) is 29.4 Å². The minimum Gasteiger partial charge on any atom is -0.491 e. The Bertz CT molecular complexity index is 716. The van der Waals surface area contributed by atoms with Gasteiger partial charge in [0.25, 0.3) is 0 Å². The standard InChI is InChI=1S/C27H40F2O3/c1-3-5-22-12-10-21(17-31-22)24-14-11-20(16-32-24)18-6-8-19(9-7-18)23-13-15-25(30-4-2)27(29)26(23)28/h13,15,18-22,24H,3-12,14,16-17H2,1-2H3. The number of halogens is 2. The second kappa shape index (κ2) is 11.3. The number of rotatable bonds is 7. The highest BCUT2D eigenvalue weighted by molar-refractivity contribution is 5.33. The van der Waals surface area contributed by atoms with Gasteiger partial charge in [0.15, 0.2) is 11.6 Å². The molecular weight excluding hydrogens is 410 g/mol. The maximum Gasteiger partial charge on any atom is 0.200 e. The van der Waals surface area contributed by atoms with Crippen LogP contribution in [0.5, 0.6) is 5.75 Å². The Hall–Kier alpha value is -1.20. The van der Waals surface area contributed by atoms with Crippen molar-refractivity contribution in [2.45, 2.75) is 96.2 Å². The van der Waals surface area contributed by atoms with E-state index in [1.54, 1.807) is 19.1 Å². The first-order valence-electron chi connectivity index (χ1n) is 12.9. The van der Waals surface area contributed by atoms with E-state index in [4.69, 9.17) is 14.2 Å². The molecule has 4 unspecified atom stereocenters. The molecule has 3 aliphatic rings. The molecule has 1 aromatic rings. The van der Waals surface area contributed by atoms with Gasteiger partial charge in [0, 0.05) is 5.92 Å². The van der Waals surface area contributed by atoms with Crippen LogP contribution in [0.4, 0.5) is 8.78 Å². The van der Waals surface area contributed by atoms with Crippen molar-refractivity contribution < 1.29 is 23.0 Å². The maximum atomic E-state index is 14.6. The van der Waals surface area contributed by atoms with E-state index >= 15 is 0 Å². The second-order valence-electron chi connectivity index (χ2n) is 10.1. The van der Waals surface area contributed by atoms with Crippen LogP contribution in [0.3, 0.4) is 0 Å². The topological polar surface area (TPSA) is 27.7 Å². The molecule has 1 aliphatic carbocycles. The lowest BCUT2D eigenvalue weighted by Gasteiger charge is -2.41. The molecule has 0 amide bonds. The lowest BCUT2D eigenvalue weighted by molar-refractivity contribution is -0.111. The Morgan fingerprint density at radius 1 is 0.812 bits per heavy atom. The summed E-state index contributed by atoms with van der Waals surface area (Å²) >= 11 is 0. The highest BCUT2D eigenvalue weighted by Crippen LogP contribution is 2.43. The van der Waals surface area contributed by atoms with Crippen molar-refractivity contribution in [3.8, 4) is 5.75 Å². The molecule has 2 saturated heterocycles. The quantitative estimate of drug-likeness (QED) is 0.446. The third-order valence-corrected chi connectivity index (χ3v) is 8.14. The molecule has 3 fully saturated rings. The van der Waals surface area contributed by atoms with Gasteiger partial charge in [-0.3, -0.25) is 0 Å². The van der Waals surface area contributed by atoms with E-state index < -0.39 is 11.6 Å². The fraction of sp³-hybridized carbons (Fsp3) is 0.778. The van der Waals surface area contributed by atoms with Crippen molar-refractivity contribution >= 4 is 0 Å². The van der Waals surface area contributed by atoms with Gasteiger partial charge in [-0.05, 0) is 94.1 Å². The molecule has 1 saturated carbocycles. The van der Waals surface area contributed by atoms with Crippen molar-refractivity contribution in [2.24, 2.45) is 17.8 Å². The zero-order valence-corrected chi connectivity index (χ0v) is 19.8. The average molecular weight is 451 g/mol. The van der Waals surface area contributed by atoms with Crippen molar-refractivity contribution in [3.63, 3.8) is 0 Å². The third kappa shape index (κ3) is 5.47. The third-order valence-electron chi connectivity index (χ3n) is 8.14. The molecule has 0 bridgehead atoms. The van der Waals surface area contributed by atoms with Crippen LogP contribution in [0.15, 0.2) is 12.1 Å². The van der Waals surface area contributed by atoms with E-state index in [0.29, 0.717) is 42.1 Å².